The van der Waals surface area contributed by atoms with Crippen molar-refractivity contribution in [2.75, 3.05) is 16.0 Å². The lowest BCUT2D eigenvalue weighted by molar-refractivity contribution is -0.131. The van der Waals surface area contributed by atoms with Crippen LogP contribution in [0.5, 0.6) is 0 Å². The van der Waals surface area contributed by atoms with Gasteiger partial charge in [-0.1, -0.05) is 24.3 Å². The summed E-state index contributed by atoms with van der Waals surface area (Å²) in [5, 5.41) is 26.1. The Morgan fingerprint density at radius 2 is 1.70 bits per heavy atom. The van der Waals surface area contributed by atoms with Gasteiger partial charge < -0.3 is 21.1 Å². The molecule has 3 rings (SSSR count). The van der Waals surface area contributed by atoms with E-state index in [1.807, 2.05) is 6.07 Å². The molecule has 11 heteroatoms. The van der Waals surface area contributed by atoms with Crippen molar-refractivity contribution >= 4 is 63.2 Å². The van der Waals surface area contributed by atoms with Gasteiger partial charge in [0.25, 0.3) is 5.91 Å². The second-order valence-corrected chi connectivity index (χ2v) is 10.1. The molecule has 0 saturated heterocycles. The van der Waals surface area contributed by atoms with Crippen LogP contribution in [0.3, 0.4) is 0 Å². The van der Waals surface area contributed by atoms with Gasteiger partial charge in [-0.3, -0.25) is 14.4 Å². The molecule has 0 radical (unpaired) electrons. The van der Waals surface area contributed by atoms with Gasteiger partial charge >= 0.3 is 5.97 Å². The molecule has 9 nitrogen and oxygen atoms in total. The smallest absolute Gasteiger partial charge is 0.328 e. The number of nitrogens with zero attached hydrogens (tertiary/aromatic N) is 1. The Bertz CT molecular complexity index is 1410. The molecule has 0 bridgehead atoms. The number of hydrogen-bond donors (Lipinski definition) is 4. The van der Waals surface area contributed by atoms with E-state index in [1.54, 1.807) is 62.4 Å². The fraction of sp³-hybridized carbons (Fsp3) is 0.115. The van der Waals surface area contributed by atoms with E-state index < -0.39 is 17.1 Å². The summed E-state index contributed by atoms with van der Waals surface area (Å²) in [7, 11) is 0. The number of nitrogens with one attached hydrogen (secondary N) is 3. The van der Waals surface area contributed by atoms with Crippen LogP contribution in [-0.4, -0.2) is 34.0 Å². The van der Waals surface area contributed by atoms with Crippen molar-refractivity contribution in [2.45, 2.75) is 24.0 Å². The van der Waals surface area contributed by atoms with Crippen LogP contribution in [0.2, 0.25) is 0 Å². The van der Waals surface area contributed by atoms with Crippen molar-refractivity contribution in [2.24, 2.45) is 0 Å². The largest absolute Gasteiger partial charge is 0.478 e. The quantitative estimate of drug-likeness (QED) is 0.226. The van der Waals surface area contributed by atoms with E-state index in [0.717, 1.165) is 23.5 Å². The van der Waals surface area contributed by atoms with Crippen LogP contribution in [0.1, 0.15) is 27.7 Å². The molecule has 0 spiro atoms. The molecule has 0 fully saturated rings. The summed E-state index contributed by atoms with van der Waals surface area (Å²) in [6.45, 7) is 3.35. The molecule has 0 aliphatic carbocycles. The molecule has 1 heterocycles. The summed E-state index contributed by atoms with van der Waals surface area (Å²) in [4.78, 5) is 49.1. The summed E-state index contributed by atoms with van der Waals surface area (Å²) in [5.41, 5.74) is 1.77. The van der Waals surface area contributed by atoms with Gasteiger partial charge in [0.15, 0.2) is 0 Å². The average Bonchev–Trinajstić information content (AvgIpc) is 3.18. The van der Waals surface area contributed by atoms with Gasteiger partial charge in [0.2, 0.25) is 11.8 Å². The molecule has 0 saturated carbocycles. The third kappa shape index (κ3) is 7.54. The minimum absolute atomic E-state index is 0.230. The van der Waals surface area contributed by atoms with Crippen LogP contribution in [0.15, 0.2) is 71.6 Å². The number of carbonyl (C=O) groups excluding carboxylic acids is 3. The number of para-hydroxylation sites is 1. The molecule has 0 aliphatic heterocycles. The van der Waals surface area contributed by atoms with E-state index in [9.17, 15) is 24.4 Å². The molecule has 1 unspecified atom stereocenters. The number of carboxylic acid groups (broad SMARTS) is 1. The monoisotopic (exact) mass is 534 g/mol. The third-order valence-electron chi connectivity index (χ3n) is 4.89. The van der Waals surface area contributed by atoms with E-state index in [2.05, 4.69) is 22.0 Å². The van der Waals surface area contributed by atoms with Gasteiger partial charge in [-0.05, 0) is 49.7 Å². The van der Waals surface area contributed by atoms with E-state index >= 15 is 0 Å². The van der Waals surface area contributed by atoms with Gasteiger partial charge in [-0.2, -0.15) is 5.26 Å². The van der Waals surface area contributed by atoms with Crippen LogP contribution in [0.25, 0.3) is 0 Å². The SMILES string of the molecule is Cc1c(C(=O)Nc2ccccc2)sc(NC(=O)C(C)Sc2cccc(NC(=O)/C=C/C(=O)O)c2)c1C#N. The van der Waals surface area contributed by atoms with Gasteiger partial charge in [-0.25, -0.2) is 4.79 Å². The lowest BCUT2D eigenvalue weighted by atomic mass is 10.1. The van der Waals surface area contributed by atoms with Crippen molar-refractivity contribution in [1.29, 1.82) is 5.26 Å². The minimum atomic E-state index is -1.23. The van der Waals surface area contributed by atoms with Crippen molar-refractivity contribution in [3.8, 4) is 6.07 Å². The predicted molar refractivity (Wildman–Crippen MR) is 144 cm³/mol. The fourth-order valence-electron chi connectivity index (χ4n) is 3.11. The van der Waals surface area contributed by atoms with Crippen LogP contribution in [-0.2, 0) is 14.4 Å². The normalized spacial score (nSPS) is 11.4. The summed E-state index contributed by atoms with van der Waals surface area (Å²) >= 11 is 2.26. The number of thioether (sulfide) groups is 1. The molecule has 0 aliphatic rings. The molecule has 188 valence electrons. The number of carboxylic acids is 1. The highest BCUT2D eigenvalue weighted by molar-refractivity contribution is 8.00. The zero-order chi connectivity index (χ0) is 26.9. The number of benzene rings is 2. The number of nitriles is 1. The molecule has 2 aromatic carbocycles. The maximum atomic E-state index is 12.9. The Morgan fingerprint density at radius 3 is 2.38 bits per heavy atom. The first-order chi connectivity index (χ1) is 17.7. The Balaban J connectivity index is 1.68. The fourth-order valence-corrected chi connectivity index (χ4v) is 5.09. The highest BCUT2D eigenvalue weighted by atomic mass is 32.2. The Labute approximate surface area is 221 Å². The standard InChI is InChI=1S/C26H22N4O5S2/c1-15-20(14-27)26(37-23(15)25(35)29-17-7-4-3-5-8-17)30-24(34)16(2)36-19-10-6-9-18(13-19)28-21(31)11-12-22(32)33/h3-13,16H,1-2H3,(H,28,31)(H,29,35)(H,30,34)(H,32,33)/b12-11+. The van der Waals surface area contributed by atoms with Gasteiger partial charge in [0.05, 0.1) is 15.7 Å². The zero-order valence-corrected chi connectivity index (χ0v) is 21.4. The van der Waals surface area contributed by atoms with Crippen LogP contribution >= 0.6 is 23.1 Å². The van der Waals surface area contributed by atoms with Gasteiger partial charge in [-0.15, -0.1) is 23.1 Å². The molecule has 4 N–H and O–H groups in total. The molecule has 3 amide bonds. The Hall–Kier alpha value is -4.40. The zero-order valence-electron chi connectivity index (χ0n) is 19.8. The number of amides is 3. The van der Waals surface area contributed by atoms with E-state index in [-0.39, 0.29) is 17.4 Å². The average molecular weight is 535 g/mol. The third-order valence-corrected chi connectivity index (χ3v) is 7.19. The molecular weight excluding hydrogens is 512 g/mol. The van der Waals surface area contributed by atoms with Gasteiger partial charge in [0, 0.05) is 28.4 Å². The molecule has 3 aromatic rings. The predicted octanol–water partition coefficient (Wildman–Crippen LogP) is 4.88. The molecule has 1 aromatic heterocycles. The summed E-state index contributed by atoms with van der Waals surface area (Å²) in [5.74, 6) is -2.56. The maximum Gasteiger partial charge on any atom is 0.328 e. The summed E-state index contributed by atoms with van der Waals surface area (Å²) in [6.07, 6.45) is 1.64. The van der Waals surface area contributed by atoms with Crippen molar-refractivity contribution in [1.82, 2.24) is 0 Å². The number of hydrogen-bond acceptors (Lipinski definition) is 7. The van der Waals surface area contributed by atoms with Crippen molar-refractivity contribution in [3.63, 3.8) is 0 Å². The summed E-state index contributed by atoms with van der Waals surface area (Å²) < 4.78 is 0. The first kappa shape index (κ1) is 27.2. The number of aliphatic carboxylic acids is 1. The van der Waals surface area contributed by atoms with Crippen molar-refractivity contribution < 1.29 is 24.3 Å². The van der Waals surface area contributed by atoms with Crippen molar-refractivity contribution in [3.05, 3.63) is 82.8 Å². The minimum Gasteiger partial charge on any atom is -0.478 e. The highest BCUT2D eigenvalue weighted by Gasteiger charge is 2.23. The second-order valence-electron chi connectivity index (χ2n) is 7.63. The van der Waals surface area contributed by atoms with Crippen LogP contribution in [0, 0.1) is 18.3 Å². The van der Waals surface area contributed by atoms with E-state index in [4.69, 9.17) is 5.11 Å². The molecule has 1 atom stereocenters. The van der Waals surface area contributed by atoms with E-state index in [1.165, 1.54) is 11.8 Å². The number of thiophene rings is 1. The first-order valence-electron chi connectivity index (χ1n) is 10.9. The first-order valence-corrected chi connectivity index (χ1v) is 12.6. The number of rotatable bonds is 9. The van der Waals surface area contributed by atoms with Gasteiger partial charge in [0.1, 0.15) is 11.1 Å². The highest BCUT2D eigenvalue weighted by Crippen LogP contribution is 2.34. The number of carbonyl (C=O) groups is 4. The Morgan fingerprint density at radius 1 is 1.00 bits per heavy atom. The Kier molecular flexibility index (Phi) is 9.21. The topological polar surface area (TPSA) is 148 Å². The summed E-state index contributed by atoms with van der Waals surface area (Å²) in [6, 6.07) is 17.7. The number of anilines is 3. The lowest BCUT2D eigenvalue weighted by Gasteiger charge is -2.12. The van der Waals surface area contributed by atoms with Crippen LogP contribution in [0.4, 0.5) is 16.4 Å². The second kappa shape index (κ2) is 12.5. The van der Waals surface area contributed by atoms with E-state index in [0.29, 0.717) is 31.7 Å². The lowest BCUT2D eigenvalue weighted by Crippen LogP contribution is -2.22. The molecular formula is C26H22N4O5S2. The maximum absolute atomic E-state index is 12.9. The molecule has 37 heavy (non-hydrogen) atoms. The van der Waals surface area contributed by atoms with Crippen LogP contribution < -0.4 is 16.0 Å².